The van der Waals surface area contributed by atoms with Gasteiger partial charge < -0.3 is 5.73 Å². The van der Waals surface area contributed by atoms with E-state index in [1.54, 1.807) is 23.1 Å². The first kappa shape index (κ1) is 10.1. The molecule has 0 saturated carbocycles. The largest absolute Gasteiger partial charge is 0.391 e. The average Bonchev–Trinajstić information content (AvgIpc) is 2.56. The summed E-state index contributed by atoms with van der Waals surface area (Å²) in [5, 5.41) is 2.06. The Labute approximate surface area is 96.2 Å². The molecule has 0 aliphatic carbocycles. The minimum absolute atomic E-state index is 0.546. The summed E-state index contributed by atoms with van der Waals surface area (Å²) in [4.78, 5) is 1.24. The summed E-state index contributed by atoms with van der Waals surface area (Å²) < 4.78 is 1.22. The van der Waals surface area contributed by atoms with Gasteiger partial charge in [0.2, 0.25) is 0 Å². The molecule has 0 bridgehead atoms. The van der Waals surface area contributed by atoms with Gasteiger partial charge in [0.1, 0.15) is 0 Å². The van der Waals surface area contributed by atoms with E-state index >= 15 is 0 Å². The van der Waals surface area contributed by atoms with E-state index in [9.17, 15) is 0 Å². The van der Waals surface area contributed by atoms with Crippen molar-refractivity contribution >= 4 is 49.8 Å². The van der Waals surface area contributed by atoms with E-state index in [-0.39, 0.29) is 0 Å². The second kappa shape index (κ2) is 4.01. The van der Waals surface area contributed by atoms with Crippen LogP contribution in [-0.4, -0.2) is 6.26 Å². The fourth-order valence-electron chi connectivity index (χ4n) is 1.43. The Kier molecular flexibility index (Phi) is 2.91. The van der Waals surface area contributed by atoms with Crippen molar-refractivity contribution in [3.63, 3.8) is 0 Å². The molecule has 1 heterocycles. The standard InChI is InChI=1S/C10H10ClNS2/c1-13-8-2-6-4-9(12)14-10(6)7(3-8)5-11/h2-4H,5,12H2,1H3. The number of thioether (sulfide) groups is 1. The van der Waals surface area contributed by atoms with Crippen LogP contribution in [0.2, 0.25) is 0 Å². The molecule has 0 aliphatic heterocycles. The minimum Gasteiger partial charge on any atom is -0.391 e. The lowest BCUT2D eigenvalue weighted by molar-refractivity contribution is 1.39. The van der Waals surface area contributed by atoms with Crippen molar-refractivity contribution in [1.29, 1.82) is 0 Å². The van der Waals surface area contributed by atoms with Crippen LogP contribution in [0.1, 0.15) is 5.56 Å². The van der Waals surface area contributed by atoms with Gasteiger partial charge in [-0.1, -0.05) is 0 Å². The third kappa shape index (κ3) is 1.72. The van der Waals surface area contributed by atoms with Crippen LogP contribution in [0.5, 0.6) is 0 Å². The predicted molar refractivity (Wildman–Crippen MR) is 67.6 cm³/mol. The summed E-state index contributed by atoms with van der Waals surface area (Å²) in [7, 11) is 0. The third-order valence-corrected chi connectivity index (χ3v) is 4.12. The van der Waals surface area contributed by atoms with E-state index in [4.69, 9.17) is 17.3 Å². The average molecular weight is 244 g/mol. The quantitative estimate of drug-likeness (QED) is 0.639. The zero-order valence-corrected chi connectivity index (χ0v) is 10.1. The van der Waals surface area contributed by atoms with Gasteiger partial charge in [0.25, 0.3) is 0 Å². The highest BCUT2D eigenvalue weighted by atomic mass is 35.5. The molecule has 74 valence electrons. The Morgan fingerprint density at radius 2 is 2.21 bits per heavy atom. The summed E-state index contributed by atoms with van der Waals surface area (Å²) in [6.45, 7) is 0. The molecule has 2 aromatic rings. The number of halogens is 1. The lowest BCUT2D eigenvalue weighted by Gasteiger charge is -2.01. The molecule has 0 unspecified atom stereocenters. The molecule has 0 amide bonds. The second-order valence-electron chi connectivity index (χ2n) is 2.99. The van der Waals surface area contributed by atoms with Gasteiger partial charge in [-0.15, -0.1) is 34.7 Å². The molecule has 2 N–H and O–H groups in total. The van der Waals surface area contributed by atoms with Gasteiger partial charge in [-0.05, 0) is 35.4 Å². The second-order valence-corrected chi connectivity index (χ2v) is 5.22. The van der Waals surface area contributed by atoms with Gasteiger partial charge in [0.15, 0.2) is 0 Å². The maximum atomic E-state index is 5.90. The maximum absolute atomic E-state index is 5.90. The summed E-state index contributed by atoms with van der Waals surface area (Å²) in [6, 6.07) is 6.30. The molecule has 1 aromatic heterocycles. The normalized spacial score (nSPS) is 11.0. The van der Waals surface area contributed by atoms with E-state index in [0.29, 0.717) is 5.88 Å². The number of benzene rings is 1. The molecular formula is C10H10ClNS2. The molecule has 0 atom stereocenters. The number of anilines is 1. The van der Waals surface area contributed by atoms with Crippen molar-refractivity contribution in [2.45, 2.75) is 10.8 Å². The van der Waals surface area contributed by atoms with E-state index in [1.807, 2.05) is 6.07 Å². The molecule has 4 heteroatoms. The number of hydrogen-bond donors (Lipinski definition) is 1. The highest BCUT2D eigenvalue weighted by Gasteiger charge is 2.06. The van der Waals surface area contributed by atoms with E-state index in [0.717, 1.165) is 5.00 Å². The summed E-state index contributed by atoms with van der Waals surface area (Å²) in [6.07, 6.45) is 2.06. The zero-order valence-electron chi connectivity index (χ0n) is 7.71. The van der Waals surface area contributed by atoms with Crippen molar-refractivity contribution in [2.75, 3.05) is 12.0 Å². The van der Waals surface area contributed by atoms with Crippen LogP contribution >= 0.6 is 34.7 Å². The summed E-state index contributed by atoms with van der Waals surface area (Å²) >= 11 is 9.23. The van der Waals surface area contributed by atoms with Crippen LogP contribution in [0, 0.1) is 0 Å². The molecule has 0 saturated heterocycles. The Morgan fingerprint density at radius 1 is 1.43 bits per heavy atom. The third-order valence-electron chi connectivity index (χ3n) is 2.07. The Morgan fingerprint density at radius 3 is 2.86 bits per heavy atom. The van der Waals surface area contributed by atoms with Crippen LogP contribution in [0.3, 0.4) is 0 Å². The van der Waals surface area contributed by atoms with E-state index in [1.165, 1.54) is 20.5 Å². The smallest absolute Gasteiger partial charge is 0.0868 e. The van der Waals surface area contributed by atoms with Crippen molar-refractivity contribution in [3.05, 3.63) is 23.8 Å². The molecular weight excluding hydrogens is 234 g/mol. The Hall–Kier alpha value is -0.380. The van der Waals surface area contributed by atoms with Gasteiger partial charge >= 0.3 is 0 Å². The van der Waals surface area contributed by atoms with Gasteiger partial charge in [-0.3, -0.25) is 0 Å². The van der Waals surface area contributed by atoms with Crippen LogP contribution in [-0.2, 0) is 5.88 Å². The summed E-state index contributed by atoms with van der Waals surface area (Å²) in [5.41, 5.74) is 6.95. The highest BCUT2D eigenvalue weighted by Crippen LogP contribution is 2.34. The first-order chi connectivity index (χ1) is 6.74. The molecule has 0 aliphatic rings. The SMILES string of the molecule is CSc1cc(CCl)c2sc(N)cc2c1. The lowest BCUT2D eigenvalue weighted by Crippen LogP contribution is -1.79. The summed E-state index contributed by atoms with van der Waals surface area (Å²) in [5.74, 6) is 0.546. The predicted octanol–water partition coefficient (Wildman–Crippen LogP) is 3.94. The fourth-order valence-corrected chi connectivity index (χ4v) is 3.15. The fraction of sp³-hybridized carbons (Fsp3) is 0.200. The van der Waals surface area contributed by atoms with Gasteiger partial charge in [0.05, 0.1) is 5.00 Å². The van der Waals surface area contributed by atoms with Gasteiger partial charge in [-0.2, -0.15) is 0 Å². The Bertz CT molecular complexity index is 464. The molecule has 0 radical (unpaired) electrons. The number of hydrogen-bond acceptors (Lipinski definition) is 3. The maximum Gasteiger partial charge on any atom is 0.0868 e. The van der Waals surface area contributed by atoms with E-state index in [2.05, 4.69) is 18.4 Å². The number of rotatable bonds is 2. The topological polar surface area (TPSA) is 26.0 Å². The number of thiophene rings is 1. The number of nitrogens with two attached hydrogens (primary N) is 1. The molecule has 14 heavy (non-hydrogen) atoms. The molecule has 0 spiro atoms. The number of alkyl halides is 1. The zero-order chi connectivity index (χ0) is 10.1. The van der Waals surface area contributed by atoms with Crippen molar-refractivity contribution in [3.8, 4) is 0 Å². The molecule has 1 aromatic carbocycles. The van der Waals surface area contributed by atoms with Crippen molar-refractivity contribution < 1.29 is 0 Å². The molecule has 2 rings (SSSR count). The van der Waals surface area contributed by atoms with Crippen LogP contribution < -0.4 is 5.73 Å². The van der Waals surface area contributed by atoms with Crippen LogP contribution in [0.15, 0.2) is 23.1 Å². The van der Waals surface area contributed by atoms with Crippen LogP contribution in [0.25, 0.3) is 10.1 Å². The minimum atomic E-state index is 0.546. The monoisotopic (exact) mass is 243 g/mol. The molecule has 1 nitrogen and oxygen atoms in total. The molecule has 0 fully saturated rings. The van der Waals surface area contributed by atoms with Crippen molar-refractivity contribution in [2.24, 2.45) is 0 Å². The van der Waals surface area contributed by atoms with E-state index < -0.39 is 0 Å². The highest BCUT2D eigenvalue weighted by molar-refractivity contribution is 7.98. The first-order valence-corrected chi connectivity index (χ1v) is 6.74. The first-order valence-electron chi connectivity index (χ1n) is 4.16. The number of fused-ring (bicyclic) bond motifs is 1. The Balaban J connectivity index is 2.72. The lowest BCUT2D eigenvalue weighted by atomic mass is 10.2. The van der Waals surface area contributed by atoms with Crippen molar-refractivity contribution in [1.82, 2.24) is 0 Å². The van der Waals surface area contributed by atoms with Gasteiger partial charge in [0, 0.05) is 15.5 Å². The number of nitrogen functional groups attached to an aromatic ring is 1. The van der Waals surface area contributed by atoms with Crippen LogP contribution in [0.4, 0.5) is 5.00 Å². The van der Waals surface area contributed by atoms with Gasteiger partial charge in [-0.25, -0.2) is 0 Å².